The van der Waals surface area contributed by atoms with Crippen LogP contribution in [0.15, 0.2) is 25.3 Å². The molecule has 1 unspecified atom stereocenters. The highest BCUT2D eigenvalue weighted by Gasteiger charge is 2.35. The van der Waals surface area contributed by atoms with Gasteiger partial charge in [0, 0.05) is 6.42 Å². The number of hydrogen-bond acceptors (Lipinski definition) is 7. The van der Waals surface area contributed by atoms with E-state index in [0.717, 1.165) is 0 Å². The summed E-state index contributed by atoms with van der Waals surface area (Å²) in [6.45, 7) is 3.68. The van der Waals surface area contributed by atoms with Crippen LogP contribution in [0, 0.1) is 0 Å². The van der Waals surface area contributed by atoms with Gasteiger partial charge in [0.05, 0.1) is 19.0 Å². The first-order chi connectivity index (χ1) is 10.2. The van der Waals surface area contributed by atoms with Crippen LogP contribution >= 0.6 is 0 Å². The molecule has 2 aromatic heterocycles. The Labute approximate surface area is 120 Å². The summed E-state index contributed by atoms with van der Waals surface area (Å²) in [4.78, 5) is 12.5. The Morgan fingerprint density at radius 2 is 2.33 bits per heavy atom. The van der Waals surface area contributed by atoms with Gasteiger partial charge >= 0.3 is 0 Å². The van der Waals surface area contributed by atoms with Crippen molar-refractivity contribution in [3.05, 3.63) is 25.3 Å². The van der Waals surface area contributed by atoms with Gasteiger partial charge in [-0.3, -0.25) is 4.57 Å². The van der Waals surface area contributed by atoms with E-state index in [1.54, 1.807) is 17.0 Å². The number of hydrogen-bond donors (Lipinski definition) is 2. The van der Waals surface area contributed by atoms with Crippen molar-refractivity contribution in [2.45, 2.75) is 24.9 Å². The van der Waals surface area contributed by atoms with Crippen molar-refractivity contribution in [1.29, 1.82) is 0 Å². The van der Waals surface area contributed by atoms with E-state index >= 15 is 0 Å². The van der Waals surface area contributed by atoms with Crippen molar-refractivity contribution < 1.29 is 19.7 Å². The molecule has 3 heterocycles. The number of imidazole rings is 1. The molecule has 112 valence electrons. The fourth-order valence-electron chi connectivity index (χ4n) is 2.33. The Balaban J connectivity index is 1.92. The monoisotopic (exact) mass is 292 g/mol. The third-order valence-corrected chi connectivity index (χ3v) is 3.36. The minimum absolute atomic E-state index is 0.229. The molecule has 8 nitrogen and oxygen atoms in total. The van der Waals surface area contributed by atoms with E-state index in [1.165, 1.54) is 6.33 Å². The Morgan fingerprint density at radius 3 is 3.05 bits per heavy atom. The van der Waals surface area contributed by atoms with Gasteiger partial charge in [-0.25, -0.2) is 9.97 Å². The minimum Gasteiger partial charge on any atom is -0.472 e. The molecule has 2 aromatic rings. The molecule has 0 spiro atoms. The van der Waals surface area contributed by atoms with Gasteiger partial charge in [-0.1, -0.05) is 12.7 Å². The Kier molecular flexibility index (Phi) is 3.82. The normalized spacial score (nSPS) is 25.3. The average Bonchev–Trinajstić information content (AvgIpc) is 3.08. The summed E-state index contributed by atoms with van der Waals surface area (Å²) in [6, 6.07) is 0. The molecular formula is C13H16N4O4. The summed E-state index contributed by atoms with van der Waals surface area (Å²) < 4.78 is 12.7. The van der Waals surface area contributed by atoms with Crippen molar-refractivity contribution in [2.24, 2.45) is 0 Å². The molecule has 8 heteroatoms. The van der Waals surface area contributed by atoms with Crippen LogP contribution in [0.1, 0.15) is 12.6 Å². The fraction of sp³-hybridized carbons (Fsp3) is 0.462. The molecule has 0 aliphatic carbocycles. The molecule has 0 radical (unpaired) electrons. The number of nitrogens with zero attached hydrogens (tertiary/aromatic N) is 4. The minimum atomic E-state index is -0.712. The van der Waals surface area contributed by atoms with Gasteiger partial charge in [-0.2, -0.15) is 4.98 Å². The van der Waals surface area contributed by atoms with E-state index in [9.17, 15) is 5.11 Å². The van der Waals surface area contributed by atoms with Gasteiger partial charge in [0.1, 0.15) is 25.3 Å². The second-order valence-electron chi connectivity index (χ2n) is 4.72. The van der Waals surface area contributed by atoms with Crippen molar-refractivity contribution >= 4 is 11.2 Å². The number of aliphatic hydroxyl groups excluding tert-OH is 2. The molecule has 0 saturated carbocycles. The van der Waals surface area contributed by atoms with E-state index in [-0.39, 0.29) is 6.61 Å². The second kappa shape index (κ2) is 5.76. The lowest BCUT2D eigenvalue weighted by molar-refractivity contribution is -0.0432. The van der Waals surface area contributed by atoms with Crippen LogP contribution in [-0.4, -0.2) is 55.2 Å². The van der Waals surface area contributed by atoms with Gasteiger partial charge < -0.3 is 19.7 Å². The zero-order valence-corrected chi connectivity index (χ0v) is 11.3. The molecule has 3 rings (SSSR count). The molecule has 2 N–H and O–H groups in total. The summed E-state index contributed by atoms with van der Waals surface area (Å²) in [7, 11) is 0. The highest BCUT2D eigenvalue weighted by atomic mass is 16.5. The van der Waals surface area contributed by atoms with Crippen LogP contribution in [0.25, 0.3) is 11.2 Å². The van der Waals surface area contributed by atoms with E-state index in [2.05, 4.69) is 21.5 Å². The standard InChI is InChI=1S/C13H16N4O4/c1-2-3-20-13-11-12(14-6-15-13)17(7-16-11)10-4-8(19)9(5-18)21-10/h2,6-10,18-19H,1,3-5H2/t8?,9-,10-/m1/s1. The van der Waals surface area contributed by atoms with Gasteiger partial charge in [-0.05, 0) is 0 Å². The van der Waals surface area contributed by atoms with Gasteiger partial charge in [0.2, 0.25) is 5.88 Å². The summed E-state index contributed by atoms with van der Waals surface area (Å²) in [6.07, 6.45) is 3.20. The van der Waals surface area contributed by atoms with E-state index in [1.807, 2.05) is 0 Å². The zero-order chi connectivity index (χ0) is 14.8. The Hall–Kier alpha value is -2.03. The summed E-state index contributed by atoms with van der Waals surface area (Å²) >= 11 is 0. The third-order valence-electron chi connectivity index (χ3n) is 3.36. The summed E-state index contributed by atoms with van der Waals surface area (Å²) in [5, 5.41) is 19.0. The fourth-order valence-corrected chi connectivity index (χ4v) is 2.33. The molecule has 1 fully saturated rings. The molecule has 21 heavy (non-hydrogen) atoms. The highest BCUT2D eigenvalue weighted by Crippen LogP contribution is 2.31. The Bertz CT molecular complexity index is 644. The van der Waals surface area contributed by atoms with E-state index in [4.69, 9.17) is 14.6 Å². The summed E-state index contributed by atoms with van der Waals surface area (Å²) in [5.41, 5.74) is 1.07. The molecule has 0 aromatic carbocycles. The molecule has 3 atom stereocenters. The SMILES string of the molecule is C=CCOc1ncnc2c1ncn2[C@H]1CC(O)[C@@H](CO)O1. The molecule has 1 saturated heterocycles. The van der Waals surface area contributed by atoms with Crippen molar-refractivity contribution in [3.63, 3.8) is 0 Å². The van der Waals surface area contributed by atoms with Crippen LogP contribution in [-0.2, 0) is 4.74 Å². The van der Waals surface area contributed by atoms with Gasteiger partial charge in [0.15, 0.2) is 11.2 Å². The number of aliphatic hydroxyl groups is 2. The number of fused-ring (bicyclic) bond motifs is 1. The van der Waals surface area contributed by atoms with Crippen LogP contribution in [0.2, 0.25) is 0 Å². The number of rotatable bonds is 5. The number of aromatic nitrogens is 4. The lowest BCUT2D eigenvalue weighted by Gasteiger charge is -2.13. The maximum Gasteiger partial charge on any atom is 0.245 e. The van der Waals surface area contributed by atoms with Crippen LogP contribution in [0.5, 0.6) is 5.88 Å². The first kappa shape index (κ1) is 13.9. The average molecular weight is 292 g/mol. The molecule has 1 aliphatic rings. The van der Waals surface area contributed by atoms with Gasteiger partial charge in [-0.15, -0.1) is 0 Å². The quantitative estimate of drug-likeness (QED) is 0.749. The topological polar surface area (TPSA) is 103 Å². The molecule has 0 amide bonds. The highest BCUT2D eigenvalue weighted by molar-refractivity contribution is 5.76. The lowest BCUT2D eigenvalue weighted by atomic mass is 10.2. The van der Waals surface area contributed by atoms with Crippen molar-refractivity contribution in [3.8, 4) is 5.88 Å². The predicted octanol–water partition coefficient (Wildman–Crippen LogP) is 0.0318. The van der Waals surface area contributed by atoms with E-state index < -0.39 is 18.4 Å². The largest absolute Gasteiger partial charge is 0.472 e. The molecule has 1 aliphatic heterocycles. The van der Waals surface area contributed by atoms with E-state index in [0.29, 0.717) is 30.1 Å². The smallest absolute Gasteiger partial charge is 0.245 e. The van der Waals surface area contributed by atoms with Crippen LogP contribution in [0.3, 0.4) is 0 Å². The third kappa shape index (κ3) is 2.48. The van der Waals surface area contributed by atoms with Crippen molar-refractivity contribution in [2.75, 3.05) is 13.2 Å². The number of ether oxygens (including phenoxy) is 2. The first-order valence-electron chi connectivity index (χ1n) is 6.60. The predicted molar refractivity (Wildman–Crippen MR) is 72.6 cm³/mol. The van der Waals surface area contributed by atoms with Crippen LogP contribution < -0.4 is 4.74 Å². The zero-order valence-electron chi connectivity index (χ0n) is 11.3. The maximum absolute atomic E-state index is 9.81. The van der Waals surface area contributed by atoms with Crippen molar-refractivity contribution in [1.82, 2.24) is 19.5 Å². The Morgan fingerprint density at radius 1 is 1.48 bits per heavy atom. The summed E-state index contributed by atoms with van der Waals surface area (Å²) in [5.74, 6) is 0.371. The second-order valence-corrected chi connectivity index (χ2v) is 4.72. The molecule has 0 bridgehead atoms. The maximum atomic E-state index is 9.81. The first-order valence-corrected chi connectivity index (χ1v) is 6.60. The molecular weight excluding hydrogens is 276 g/mol. The van der Waals surface area contributed by atoms with Crippen LogP contribution in [0.4, 0.5) is 0 Å². The van der Waals surface area contributed by atoms with Gasteiger partial charge in [0.25, 0.3) is 0 Å². The lowest BCUT2D eigenvalue weighted by Crippen LogP contribution is -2.24.